The van der Waals surface area contributed by atoms with Crippen LogP contribution in [0.25, 0.3) is 0 Å². The van der Waals surface area contributed by atoms with Gasteiger partial charge in [-0.15, -0.1) is 11.3 Å². The molecule has 20 heavy (non-hydrogen) atoms. The summed E-state index contributed by atoms with van der Waals surface area (Å²) in [5.41, 5.74) is 0.898. The minimum absolute atomic E-state index is 0.0510. The number of hydrogen-bond acceptors (Lipinski definition) is 2. The standard InChI is InChI=1S/C14H13BrCl3NS/c1-2-6-19-13(11-7-8(15)14(18)20-11)12-9(16)4-3-5-10(12)17/h3-5,7,13,19H,2,6H2,1H3. The Morgan fingerprint density at radius 1 is 1.25 bits per heavy atom. The molecule has 1 unspecified atom stereocenters. The van der Waals surface area contributed by atoms with E-state index in [1.54, 1.807) is 0 Å². The van der Waals surface area contributed by atoms with Crippen LogP contribution in [0.5, 0.6) is 0 Å². The van der Waals surface area contributed by atoms with Gasteiger partial charge < -0.3 is 5.32 Å². The SMILES string of the molecule is CCCNC(c1cc(Br)c(Cl)s1)c1c(Cl)cccc1Cl. The van der Waals surface area contributed by atoms with Gasteiger partial charge in [-0.25, -0.2) is 0 Å². The molecule has 1 heterocycles. The normalized spacial score (nSPS) is 12.7. The van der Waals surface area contributed by atoms with Gasteiger partial charge in [-0.2, -0.15) is 0 Å². The molecule has 0 aliphatic carbocycles. The van der Waals surface area contributed by atoms with Gasteiger partial charge in [0.1, 0.15) is 4.34 Å². The monoisotopic (exact) mass is 411 g/mol. The second-order valence-corrected chi connectivity index (χ2v) is 7.65. The zero-order chi connectivity index (χ0) is 14.7. The first-order valence-corrected chi connectivity index (χ1v) is 8.91. The fourth-order valence-corrected chi connectivity index (χ4v) is 4.36. The van der Waals surface area contributed by atoms with E-state index in [1.807, 2.05) is 24.3 Å². The smallest absolute Gasteiger partial charge is 0.107 e. The highest BCUT2D eigenvalue weighted by atomic mass is 79.9. The second kappa shape index (κ2) is 7.48. The highest BCUT2D eigenvalue weighted by Gasteiger charge is 2.22. The summed E-state index contributed by atoms with van der Waals surface area (Å²) in [6.07, 6.45) is 1.03. The molecule has 1 N–H and O–H groups in total. The molecular weight excluding hydrogens is 400 g/mol. The first kappa shape index (κ1) is 16.6. The number of rotatable bonds is 5. The van der Waals surface area contributed by atoms with Crippen molar-refractivity contribution in [2.75, 3.05) is 6.54 Å². The molecule has 1 atom stereocenters. The molecule has 0 fully saturated rings. The Labute approximate surface area is 146 Å². The van der Waals surface area contributed by atoms with Crippen LogP contribution in [0.2, 0.25) is 14.4 Å². The summed E-state index contributed by atoms with van der Waals surface area (Å²) in [6, 6.07) is 7.52. The van der Waals surface area contributed by atoms with E-state index in [-0.39, 0.29) is 6.04 Å². The van der Waals surface area contributed by atoms with E-state index in [0.717, 1.165) is 32.2 Å². The quantitative estimate of drug-likeness (QED) is 0.585. The molecule has 1 aromatic heterocycles. The molecule has 2 aromatic rings. The van der Waals surface area contributed by atoms with Gasteiger partial charge in [0.05, 0.1) is 6.04 Å². The van der Waals surface area contributed by atoms with E-state index < -0.39 is 0 Å². The Bertz CT molecular complexity index is 560. The molecule has 0 saturated carbocycles. The Morgan fingerprint density at radius 2 is 1.90 bits per heavy atom. The van der Waals surface area contributed by atoms with E-state index in [2.05, 4.69) is 28.2 Å². The first-order valence-electron chi connectivity index (χ1n) is 6.16. The fourth-order valence-electron chi connectivity index (χ4n) is 1.93. The van der Waals surface area contributed by atoms with Gasteiger partial charge in [-0.1, -0.05) is 47.8 Å². The third-order valence-electron chi connectivity index (χ3n) is 2.84. The lowest BCUT2D eigenvalue weighted by atomic mass is 10.0. The van der Waals surface area contributed by atoms with Crippen molar-refractivity contribution in [3.05, 3.63) is 53.6 Å². The van der Waals surface area contributed by atoms with Crippen LogP contribution in [0.3, 0.4) is 0 Å². The lowest BCUT2D eigenvalue weighted by molar-refractivity contribution is 0.606. The fraction of sp³-hybridized carbons (Fsp3) is 0.286. The topological polar surface area (TPSA) is 12.0 Å². The number of benzene rings is 1. The average Bonchev–Trinajstić information content (AvgIpc) is 2.73. The van der Waals surface area contributed by atoms with Crippen LogP contribution in [0.1, 0.15) is 29.8 Å². The molecule has 2 rings (SSSR count). The largest absolute Gasteiger partial charge is 0.306 e. The molecular formula is C14H13BrCl3NS. The number of thiophene rings is 1. The summed E-state index contributed by atoms with van der Waals surface area (Å²) in [6.45, 7) is 2.99. The minimum atomic E-state index is -0.0510. The summed E-state index contributed by atoms with van der Waals surface area (Å²) >= 11 is 23.8. The Balaban J connectivity index is 2.47. The van der Waals surface area contributed by atoms with E-state index in [4.69, 9.17) is 34.8 Å². The first-order chi connectivity index (χ1) is 9.54. The van der Waals surface area contributed by atoms with E-state index >= 15 is 0 Å². The lowest BCUT2D eigenvalue weighted by Crippen LogP contribution is -2.23. The van der Waals surface area contributed by atoms with E-state index in [0.29, 0.717) is 10.0 Å². The summed E-state index contributed by atoms with van der Waals surface area (Å²) in [4.78, 5) is 1.09. The van der Waals surface area contributed by atoms with Gasteiger partial charge in [0.15, 0.2) is 0 Å². The average molecular weight is 414 g/mol. The third kappa shape index (κ3) is 3.70. The predicted octanol–water partition coefficient (Wildman–Crippen LogP) is 6.56. The minimum Gasteiger partial charge on any atom is -0.306 e. The van der Waals surface area contributed by atoms with Gasteiger partial charge in [0, 0.05) is 25.0 Å². The van der Waals surface area contributed by atoms with Crippen molar-refractivity contribution in [3.63, 3.8) is 0 Å². The van der Waals surface area contributed by atoms with Gasteiger partial charge in [0.25, 0.3) is 0 Å². The summed E-state index contributed by atoms with van der Waals surface area (Å²) in [5.74, 6) is 0. The Morgan fingerprint density at radius 3 is 2.40 bits per heavy atom. The third-order valence-corrected chi connectivity index (χ3v) is 6.03. The van der Waals surface area contributed by atoms with Gasteiger partial charge in [-0.3, -0.25) is 0 Å². The molecule has 1 nitrogen and oxygen atoms in total. The highest BCUT2D eigenvalue weighted by Crippen LogP contribution is 2.41. The van der Waals surface area contributed by atoms with Crippen molar-refractivity contribution < 1.29 is 0 Å². The predicted molar refractivity (Wildman–Crippen MR) is 93.6 cm³/mol. The molecule has 0 bridgehead atoms. The maximum absolute atomic E-state index is 6.34. The molecule has 0 amide bonds. The molecule has 1 aromatic carbocycles. The zero-order valence-electron chi connectivity index (χ0n) is 10.7. The maximum atomic E-state index is 6.34. The van der Waals surface area contributed by atoms with Crippen LogP contribution in [0.15, 0.2) is 28.7 Å². The van der Waals surface area contributed by atoms with Gasteiger partial charge in [0.2, 0.25) is 0 Å². The van der Waals surface area contributed by atoms with Gasteiger partial charge in [-0.05, 0) is 47.1 Å². The van der Waals surface area contributed by atoms with Crippen LogP contribution in [-0.4, -0.2) is 6.54 Å². The van der Waals surface area contributed by atoms with Crippen molar-refractivity contribution >= 4 is 62.1 Å². The van der Waals surface area contributed by atoms with Crippen LogP contribution >= 0.6 is 62.1 Å². The lowest BCUT2D eigenvalue weighted by Gasteiger charge is -2.20. The van der Waals surface area contributed by atoms with Crippen LogP contribution in [0.4, 0.5) is 0 Å². The molecule has 0 saturated heterocycles. The van der Waals surface area contributed by atoms with Crippen LogP contribution in [0, 0.1) is 0 Å². The highest BCUT2D eigenvalue weighted by molar-refractivity contribution is 9.10. The van der Waals surface area contributed by atoms with Crippen molar-refractivity contribution in [2.24, 2.45) is 0 Å². The zero-order valence-corrected chi connectivity index (χ0v) is 15.4. The summed E-state index contributed by atoms with van der Waals surface area (Å²) < 4.78 is 1.62. The Hall–Kier alpha value is 0.230. The van der Waals surface area contributed by atoms with Crippen molar-refractivity contribution in [1.29, 1.82) is 0 Å². The van der Waals surface area contributed by atoms with Gasteiger partial charge >= 0.3 is 0 Å². The number of hydrogen-bond donors (Lipinski definition) is 1. The summed E-state index contributed by atoms with van der Waals surface area (Å²) in [5, 5.41) is 4.80. The Kier molecular flexibility index (Phi) is 6.21. The second-order valence-electron chi connectivity index (χ2n) is 4.29. The molecule has 0 radical (unpaired) electrons. The number of nitrogens with one attached hydrogen (secondary N) is 1. The number of halogens is 4. The maximum Gasteiger partial charge on any atom is 0.107 e. The van der Waals surface area contributed by atoms with Crippen LogP contribution < -0.4 is 5.32 Å². The van der Waals surface area contributed by atoms with Crippen molar-refractivity contribution in [3.8, 4) is 0 Å². The van der Waals surface area contributed by atoms with E-state index in [9.17, 15) is 0 Å². The van der Waals surface area contributed by atoms with Crippen molar-refractivity contribution in [1.82, 2.24) is 5.32 Å². The van der Waals surface area contributed by atoms with Crippen LogP contribution in [-0.2, 0) is 0 Å². The molecule has 0 aliphatic heterocycles. The van der Waals surface area contributed by atoms with Crippen molar-refractivity contribution in [2.45, 2.75) is 19.4 Å². The molecule has 6 heteroatoms. The molecule has 0 aliphatic rings. The van der Waals surface area contributed by atoms with E-state index in [1.165, 1.54) is 11.3 Å². The molecule has 0 spiro atoms. The summed E-state index contributed by atoms with van der Waals surface area (Å²) in [7, 11) is 0. The molecule has 108 valence electrons.